The SMILES string of the molecule is CC(=O)C(C(=O)OCc1ccccc1)=C(C)C. The molecule has 0 aromatic heterocycles. The molecule has 0 aliphatic carbocycles. The van der Waals surface area contributed by atoms with E-state index >= 15 is 0 Å². The highest BCUT2D eigenvalue weighted by Gasteiger charge is 2.17. The van der Waals surface area contributed by atoms with E-state index in [4.69, 9.17) is 4.74 Å². The molecule has 0 bridgehead atoms. The maximum Gasteiger partial charge on any atom is 0.342 e. The summed E-state index contributed by atoms with van der Waals surface area (Å²) < 4.78 is 5.10. The highest BCUT2D eigenvalue weighted by atomic mass is 16.5. The van der Waals surface area contributed by atoms with Crippen molar-refractivity contribution in [2.75, 3.05) is 0 Å². The van der Waals surface area contributed by atoms with Crippen molar-refractivity contribution in [1.29, 1.82) is 0 Å². The first-order chi connectivity index (χ1) is 8.02. The smallest absolute Gasteiger partial charge is 0.342 e. The molecule has 0 N–H and O–H groups in total. The van der Waals surface area contributed by atoms with Crippen LogP contribution in [-0.4, -0.2) is 11.8 Å². The molecule has 90 valence electrons. The molecule has 17 heavy (non-hydrogen) atoms. The van der Waals surface area contributed by atoms with E-state index in [0.29, 0.717) is 5.57 Å². The summed E-state index contributed by atoms with van der Waals surface area (Å²) >= 11 is 0. The summed E-state index contributed by atoms with van der Waals surface area (Å²) in [6.07, 6.45) is 0. The number of hydrogen-bond donors (Lipinski definition) is 0. The van der Waals surface area contributed by atoms with E-state index in [-0.39, 0.29) is 18.0 Å². The molecule has 0 heterocycles. The van der Waals surface area contributed by atoms with Crippen LogP contribution in [0.2, 0.25) is 0 Å². The Labute approximate surface area is 101 Å². The van der Waals surface area contributed by atoms with Crippen molar-refractivity contribution < 1.29 is 14.3 Å². The molecule has 0 aliphatic rings. The van der Waals surface area contributed by atoms with Crippen LogP contribution in [0.4, 0.5) is 0 Å². The summed E-state index contributed by atoms with van der Waals surface area (Å²) in [7, 11) is 0. The molecule has 0 unspecified atom stereocenters. The summed E-state index contributed by atoms with van der Waals surface area (Å²) in [5, 5.41) is 0. The number of rotatable bonds is 4. The minimum atomic E-state index is -0.554. The predicted molar refractivity (Wildman–Crippen MR) is 65.3 cm³/mol. The number of ether oxygens (including phenoxy) is 1. The van der Waals surface area contributed by atoms with Crippen LogP contribution in [0.1, 0.15) is 26.3 Å². The third-order valence-corrected chi connectivity index (χ3v) is 2.27. The highest BCUT2D eigenvalue weighted by molar-refractivity contribution is 6.16. The minimum absolute atomic E-state index is 0.140. The summed E-state index contributed by atoms with van der Waals surface area (Å²) in [6.45, 7) is 5.00. The van der Waals surface area contributed by atoms with Crippen molar-refractivity contribution in [3.8, 4) is 0 Å². The molecule has 0 atom stereocenters. The molecular weight excluding hydrogens is 216 g/mol. The Balaban J connectivity index is 2.68. The van der Waals surface area contributed by atoms with Gasteiger partial charge in [-0.15, -0.1) is 0 Å². The Hall–Kier alpha value is -1.90. The maximum atomic E-state index is 11.7. The lowest BCUT2D eigenvalue weighted by atomic mass is 10.1. The standard InChI is InChI=1S/C14H16O3/c1-10(2)13(11(3)15)14(16)17-9-12-7-5-4-6-8-12/h4-8H,9H2,1-3H3. The third kappa shape index (κ3) is 3.87. The molecule has 3 heteroatoms. The van der Waals surface area contributed by atoms with Crippen LogP contribution < -0.4 is 0 Å². The van der Waals surface area contributed by atoms with Gasteiger partial charge in [-0.05, 0) is 26.3 Å². The molecule has 0 fully saturated rings. The van der Waals surface area contributed by atoms with E-state index < -0.39 is 5.97 Å². The molecule has 3 nitrogen and oxygen atoms in total. The van der Waals surface area contributed by atoms with Crippen LogP contribution in [0, 0.1) is 0 Å². The fourth-order valence-corrected chi connectivity index (χ4v) is 1.50. The lowest BCUT2D eigenvalue weighted by Crippen LogP contribution is -2.15. The van der Waals surface area contributed by atoms with E-state index in [1.807, 2.05) is 30.3 Å². The second kappa shape index (κ2) is 5.99. The van der Waals surface area contributed by atoms with Gasteiger partial charge >= 0.3 is 5.97 Å². The highest BCUT2D eigenvalue weighted by Crippen LogP contribution is 2.09. The number of carbonyl (C=O) groups is 2. The quantitative estimate of drug-likeness (QED) is 0.347. The third-order valence-electron chi connectivity index (χ3n) is 2.27. The van der Waals surface area contributed by atoms with Crippen molar-refractivity contribution in [1.82, 2.24) is 0 Å². The van der Waals surface area contributed by atoms with Gasteiger partial charge in [0.2, 0.25) is 0 Å². The zero-order chi connectivity index (χ0) is 12.8. The van der Waals surface area contributed by atoms with Gasteiger partial charge in [-0.1, -0.05) is 35.9 Å². The van der Waals surface area contributed by atoms with Gasteiger partial charge < -0.3 is 4.74 Å². The van der Waals surface area contributed by atoms with Crippen LogP contribution in [0.3, 0.4) is 0 Å². The first kappa shape index (κ1) is 13.2. The van der Waals surface area contributed by atoms with Gasteiger partial charge in [-0.25, -0.2) is 4.79 Å². The molecule has 1 aromatic carbocycles. The summed E-state index contributed by atoms with van der Waals surface area (Å²) in [6, 6.07) is 9.36. The lowest BCUT2D eigenvalue weighted by molar-refractivity contribution is -0.141. The normalized spacial score (nSPS) is 9.59. The van der Waals surface area contributed by atoms with Crippen molar-refractivity contribution in [2.45, 2.75) is 27.4 Å². The van der Waals surface area contributed by atoms with Crippen molar-refractivity contribution >= 4 is 11.8 Å². The Morgan fingerprint density at radius 3 is 2.12 bits per heavy atom. The Kier molecular flexibility index (Phi) is 4.64. The fraction of sp³-hybridized carbons (Fsp3) is 0.286. The minimum Gasteiger partial charge on any atom is -0.457 e. The molecule has 0 radical (unpaired) electrons. The van der Waals surface area contributed by atoms with Crippen molar-refractivity contribution in [3.63, 3.8) is 0 Å². The van der Waals surface area contributed by atoms with Gasteiger partial charge in [0.15, 0.2) is 5.78 Å². The van der Waals surface area contributed by atoms with E-state index in [1.165, 1.54) is 6.92 Å². The molecule has 1 aromatic rings. The average Bonchev–Trinajstić information content (AvgIpc) is 2.27. The van der Waals surface area contributed by atoms with Crippen LogP contribution in [-0.2, 0) is 20.9 Å². The van der Waals surface area contributed by atoms with E-state index in [1.54, 1.807) is 13.8 Å². The number of hydrogen-bond acceptors (Lipinski definition) is 3. The first-order valence-corrected chi connectivity index (χ1v) is 5.42. The molecule has 0 saturated heterocycles. The van der Waals surface area contributed by atoms with Crippen LogP contribution in [0.5, 0.6) is 0 Å². The number of benzene rings is 1. The molecule has 0 aliphatic heterocycles. The largest absolute Gasteiger partial charge is 0.457 e. The molecular formula is C14H16O3. The summed E-state index contributed by atoms with van der Waals surface area (Å²) in [4.78, 5) is 23.0. The summed E-state index contributed by atoms with van der Waals surface area (Å²) in [5.74, 6) is -0.815. The van der Waals surface area contributed by atoms with Gasteiger partial charge in [0.25, 0.3) is 0 Å². The van der Waals surface area contributed by atoms with Crippen molar-refractivity contribution in [2.24, 2.45) is 0 Å². The Morgan fingerprint density at radius 2 is 1.65 bits per heavy atom. The van der Waals surface area contributed by atoms with Crippen LogP contribution >= 0.6 is 0 Å². The zero-order valence-corrected chi connectivity index (χ0v) is 10.3. The maximum absolute atomic E-state index is 11.7. The van der Waals surface area contributed by atoms with Gasteiger partial charge in [-0.2, -0.15) is 0 Å². The van der Waals surface area contributed by atoms with Gasteiger partial charge in [-0.3, -0.25) is 4.79 Å². The fourth-order valence-electron chi connectivity index (χ4n) is 1.50. The number of Topliss-reactive ketones (excluding diaryl/α,β-unsaturated/α-hetero) is 1. The predicted octanol–water partition coefficient (Wildman–Crippen LogP) is 2.66. The van der Waals surface area contributed by atoms with Gasteiger partial charge in [0, 0.05) is 0 Å². The van der Waals surface area contributed by atoms with E-state index in [9.17, 15) is 9.59 Å². The number of allylic oxidation sites excluding steroid dienone is 1. The topological polar surface area (TPSA) is 43.4 Å². The van der Waals surface area contributed by atoms with Crippen LogP contribution in [0.25, 0.3) is 0 Å². The van der Waals surface area contributed by atoms with Gasteiger partial charge in [0.05, 0.1) is 0 Å². The second-order valence-corrected chi connectivity index (χ2v) is 3.99. The number of carbonyl (C=O) groups excluding carboxylic acids is 2. The lowest BCUT2D eigenvalue weighted by Gasteiger charge is -2.07. The number of esters is 1. The Morgan fingerprint density at radius 1 is 1.06 bits per heavy atom. The average molecular weight is 232 g/mol. The summed E-state index contributed by atoms with van der Waals surface area (Å²) in [5.41, 5.74) is 1.72. The van der Waals surface area contributed by atoms with E-state index in [0.717, 1.165) is 5.56 Å². The molecule has 0 spiro atoms. The number of ketones is 1. The molecule has 0 amide bonds. The molecule has 0 saturated carbocycles. The van der Waals surface area contributed by atoms with E-state index in [2.05, 4.69) is 0 Å². The van der Waals surface area contributed by atoms with Crippen LogP contribution in [0.15, 0.2) is 41.5 Å². The molecule has 1 rings (SSSR count). The van der Waals surface area contributed by atoms with Crippen molar-refractivity contribution in [3.05, 3.63) is 47.0 Å². The second-order valence-electron chi connectivity index (χ2n) is 3.99. The monoisotopic (exact) mass is 232 g/mol. The van der Waals surface area contributed by atoms with Gasteiger partial charge in [0.1, 0.15) is 12.2 Å². The zero-order valence-electron chi connectivity index (χ0n) is 10.3. The first-order valence-electron chi connectivity index (χ1n) is 5.42. The Bertz CT molecular complexity index is 440.